The van der Waals surface area contributed by atoms with Crippen molar-refractivity contribution >= 4 is 31.3 Å². The highest BCUT2D eigenvalue weighted by Crippen LogP contribution is 2.33. The zero-order valence-electron chi connectivity index (χ0n) is 12.7. The second-order valence-corrected chi connectivity index (χ2v) is 8.72. The lowest BCUT2D eigenvalue weighted by Gasteiger charge is -2.27. The van der Waals surface area contributed by atoms with Crippen LogP contribution in [0.15, 0.2) is 75.0 Å². The summed E-state index contributed by atoms with van der Waals surface area (Å²) in [4.78, 5) is 0.124. The molecule has 0 aliphatic carbocycles. The molecule has 0 amide bonds. The number of sulfone groups is 1. The maximum absolute atomic E-state index is 12.8. The van der Waals surface area contributed by atoms with Crippen molar-refractivity contribution in [2.75, 3.05) is 6.26 Å². The molecule has 0 fully saturated rings. The maximum Gasteiger partial charge on any atom is 0.252 e. The Hall–Kier alpha value is -2.45. The maximum atomic E-state index is 12.8. The highest BCUT2D eigenvalue weighted by atomic mass is 32.2. The molecular formula is C16H14N2O4S2. The zero-order chi connectivity index (χ0) is 17.4. The van der Waals surface area contributed by atoms with Gasteiger partial charge in [0.2, 0.25) is 9.84 Å². The van der Waals surface area contributed by atoms with Gasteiger partial charge in [-0.1, -0.05) is 48.5 Å². The van der Waals surface area contributed by atoms with Crippen LogP contribution < -0.4 is 5.32 Å². The Balaban J connectivity index is 2.21. The summed E-state index contributed by atoms with van der Waals surface area (Å²) < 4.78 is 52.0. The molecule has 6 nitrogen and oxygen atoms in total. The summed E-state index contributed by atoms with van der Waals surface area (Å²) in [6, 6.07) is 16.6. The first-order valence-corrected chi connectivity index (χ1v) is 10.3. The summed E-state index contributed by atoms with van der Waals surface area (Å²) in [5, 5.41) is 2.53. The van der Waals surface area contributed by atoms with Crippen molar-refractivity contribution in [3.63, 3.8) is 0 Å². The van der Waals surface area contributed by atoms with Crippen LogP contribution in [-0.2, 0) is 19.9 Å². The van der Waals surface area contributed by atoms with Crippen LogP contribution in [0.2, 0.25) is 0 Å². The fraction of sp³-hybridized carbons (Fsp3) is 0.0625. The normalized spacial score (nSPS) is 16.6. The Morgan fingerprint density at radius 2 is 1.38 bits per heavy atom. The molecule has 0 spiro atoms. The van der Waals surface area contributed by atoms with Gasteiger partial charge in [-0.2, -0.15) is 0 Å². The van der Waals surface area contributed by atoms with E-state index in [9.17, 15) is 16.8 Å². The average Bonchev–Trinajstić information content (AvgIpc) is 2.52. The molecule has 1 heterocycles. The van der Waals surface area contributed by atoms with E-state index in [4.69, 9.17) is 0 Å². The third kappa shape index (κ3) is 3.10. The van der Waals surface area contributed by atoms with E-state index in [0.29, 0.717) is 5.56 Å². The smallest absolute Gasteiger partial charge is 0.252 e. The van der Waals surface area contributed by atoms with Crippen molar-refractivity contribution in [2.45, 2.75) is 4.90 Å². The monoisotopic (exact) mass is 362 g/mol. The lowest BCUT2D eigenvalue weighted by Crippen LogP contribution is -2.40. The van der Waals surface area contributed by atoms with Gasteiger partial charge in [-0.15, -0.1) is 4.40 Å². The van der Waals surface area contributed by atoms with Crippen molar-refractivity contribution in [1.29, 1.82) is 0 Å². The first kappa shape index (κ1) is 16.4. The van der Waals surface area contributed by atoms with Gasteiger partial charge in [-0.05, 0) is 17.7 Å². The quantitative estimate of drug-likeness (QED) is 0.895. The minimum absolute atomic E-state index is 0.0261. The largest absolute Gasteiger partial charge is 0.329 e. The summed E-state index contributed by atoms with van der Waals surface area (Å²) in [6.07, 6.45) is 0.952. The van der Waals surface area contributed by atoms with Gasteiger partial charge in [-0.25, -0.2) is 16.8 Å². The molecular weight excluding hydrogens is 348 g/mol. The molecule has 0 atom stereocenters. The molecule has 124 valence electrons. The number of amidine groups is 1. The molecule has 1 aliphatic heterocycles. The van der Waals surface area contributed by atoms with Crippen LogP contribution in [0.5, 0.6) is 0 Å². The van der Waals surface area contributed by atoms with E-state index in [1.807, 2.05) is 0 Å². The van der Waals surface area contributed by atoms with E-state index < -0.39 is 19.9 Å². The number of hydrogen-bond donors (Lipinski definition) is 1. The summed E-state index contributed by atoms with van der Waals surface area (Å²) in [6.45, 7) is 0. The SMILES string of the molecule is CS(=O)(=O)/N=C1/NC(S(=O)(=O)c2ccccc2)=C1c1ccccc1. The lowest BCUT2D eigenvalue weighted by molar-refractivity contribution is 0.598. The van der Waals surface area contributed by atoms with E-state index in [1.54, 1.807) is 48.5 Å². The van der Waals surface area contributed by atoms with E-state index in [1.165, 1.54) is 12.1 Å². The number of nitrogens with one attached hydrogen (secondary N) is 1. The molecule has 0 radical (unpaired) electrons. The van der Waals surface area contributed by atoms with Gasteiger partial charge < -0.3 is 5.32 Å². The standard InChI is InChI=1S/C16H14N2O4S2/c1-23(19,20)18-15-14(12-8-4-2-5-9-12)16(17-15)24(21,22)13-10-6-3-7-11-13/h2-11H,1H3,(H,17,18). The predicted molar refractivity (Wildman–Crippen MR) is 92.4 cm³/mol. The zero-order valence-corrected chi connectivity index (χ0v) is 14.3. The van der Waals surface area contributed by atoms with Gasteiger partial charge in [0.25, 0.3) is 10.0 Å². The molecule has 24 heavy (non-hydrogen) atoms. The molecule has 0 saturated carbocycles. The Morgan fingerprint density at radius 1 is 0.833 bits per heavy atom. The average molecular weight is 362 g/mol. The molecule has 1 N–H and O–H groups in total. The van der Waals surface area contributed by atoms with Crippen molar-refractivity contribution in [3.8, 4) is 0 Å². The topological polar surface area (TPSA) is 92.7 Å². The van der Waals surface area contributed by atoms with Crippen LogP contribution in [0.3, 0.4) is 0 Å². The van der Waals surface area contributed by atoms with Gasteiger partial charge in [0.05, 0.1) is 16.7 Å². The second-order valence-electron chi connectivity index (χ2n) is 5.18. The van der Waals surface area contributed by atoms with Gasteiger partial charge in [0, 0.05) is 0 Å². The van der Waals surface area contributed by atoms with Crippen LogP contribution >= 0.6 is 0 Å². The summed E-state index contributed by atoms with van der Waals surface area (Å²) in [5.74, 6) is 0.0261. The molecule has 0 aromatic heterocycles. The molecule has 0 unspecified atom stereocenters. The van der Waals surface area contributed by atoms with Crippen molar-refractivity contribution in [3.05, 3.63) is 71.3 Å². The number of benzene rings is 2. The third-order valence-corrected chi connectivity index (χ3v) is 5.59. The van der Waals surface area contributed by atoms with Gasteiger partial charge in [-0.3, -0.25) is 0 Å². The molecule has 1 aliphatic rings. The molecule has 0 bridgehead atoms. The Kier molecular flexibility index (Phi) is 4.02. The highest BCUT2D eigenvalue weighted by molar-refractivity contribution is 7.95. The fourth-order valence-electron chi connectivity index (χ4n) is 2.30. The minimum atomic E-state index is -3.80. The fourth-order valence-corrected chi connectivity index (χ4v) is 4.24. The number of nitrogens with zero attached hydrogens (tertiary/aromatic N) is 1. The number of rotatable bonds is 4. The van der Waals surface area contributed by atoms with E-state index in [-0.39, 0.29) is 21.3 Å². The predicted octanol–water partition coefficient (Wildman–Crippen LogP) is 1.79. The first-order valence-electron chi connectivity index (χ1n) is 6.96. The molecule has 8 heteroatoms. The first-order chi connectivity index (χ1) is 11.3. The molecule has 2 aromatic carbocycles. The van der Waals surface area contributed by atoms with Crippen molar-refractivity contribution in [1.82, 2.24) is 5.32 Å². The van der Waals surface area contributed by atoms with Crippen LogP contribution in [0, 0.1) is 0 Å². The highest BCUT2D eigenvalue weighted by Gasteiger charge is 2.36. The van der Waals surface area contributed by atoms with E-state index >= 15 is 0 Å². The van der Waals surface area contributed by atoms with Gasteiger partial charge in [0.15, 0.2) is 10.9 Å². The molecule has 2 aromatic rings. The number of hydrogen-bond acceptors (Lipinski definition) is 4. The van der Waals surface area contributed by atoms with Crippen molar-refractivity contribution in [2.24, 2.45) is 4.40 Å². The Morgan fingerprint density at radius 3 is 1.92 bits per heavy atom. The van der Waals surface area contributed by atoms with E-state index in [2.05, 4.69) is 9.71 Å². The van der Waals surface area contributed by atoms with E-state index in [0.717, 1.165) is 6.26 Å². The summed E-state index contributed by atoms with van der Waals surface area (Å²) >= 11 is 0. The van der Waals surface area contributed by atoms with Gasteiger partial charge >= 0.3 is 0 Å². The van der Waals surface area contributed by atoms with Crippen LogP contribution in [0.1, 0.15) is 5.56 Å². The minimum Gasteiger partial charge on any atom is -0.329 e. The Labute approximate surface area is 140 Å². The van der Waals surface area contributed by atoms with Crippen LogP contribution in [0.4, 0.5) is 0 Å². The summed E-state index contributed by atoms with van der Waals surface area (Å²) in [7, 11) is -7.46. The third-order valence-electron chi connectivity index (χ3n) is 3.34. The Bertz CT molecular complexity index is 1040. The summed E-state index contributed by atoms with van der Waals surface area (Å²) in [5.41, 5.74) is 0.845. The number of sulfonamides is 1. The van der Waals surface area contributed by atoms with Crippen LogP contribution in [-0.4, -0.2) is 28.9 Å². The second kappa shape index (κ2) is 5.88. The lowest BCUT2D eigenvalue weighted by atomic mass is 10.0. The van der Waals surface area contributed by atoms with Crippen molar-refractivity contribution < 1.29 is 16.8 Å². The van der Waals surface area contributed by atoms with Gasteiger partial charge in [0.1, 0.15) is 0 Å². The molecule has 3 rings (SSSR count). The molecule has 0 saturated heterocycles. The van der Waals surface area contributed by atoms with Crippen LogP contribution in [0.25, 0.3) is 5.57 Å².